The van der Waals surface area contributed by atoms with Crippen molar-refractivity contribution < 1.29 is 17.6 Å². The van der Waals surface area contributed by atoms with Gasteiger partial charge in [-0.05, 0) is 47.5 Å². The first kappa shape index (κ1) is 21.5. The highest BCUT2D eigenvalue weighted by Gasteiger charge is 2.15. The molecule has 0 aliphatic heterocycles. The zero-order chi connectivity index (χ0) is 22.4. The van der Waals surface area contributed by atoms with Gasteiger partial charge >= 0.3 is 0 Å². The quantitative estimate of drug-likeness (QED) is 0.408. The summed E-state index contributed by atoms with van der Waals surface area (Å²) in [5.41, 5.74) is 2.45. The van der Waals surface area contributed by atoms with Crippen LogP contribution in [0.4, 0.5) is 0 Å². The first-order valence-electron chi connectivity index (χ1n) is 9.94. The number of benzene rings is 2. The van der Waals surface area contributed by atoms with Gasteiger partial charge in [-0.25, -0.2) is 18.1 Å². The van der Waals surface area contributed by atoms with Crippen LogP contribution in [0.2, 0.25) is 0 Å². The standard InChI is InChI=1S/C23H22N4O4S/c28-23(25-14-19-4-1-2-5-20(19)16-27-12-11-24-17-27)18-7-9-22(10-8-18)32(29,30)26-15-21-6-3-13-31-21/h1-13,17,26H,14-16H2,(H,25,28). The van der Waals surface area contributed by atoms with Gasteiger partial charge < -0.3 is 14.3 Å². The Morgan fingerprint density at radius 3 is 2.44 bits per heavy atom. The highest BCUT2D eigenvalue weighted by Crippen LogP contribution is 2.13. The molecule has 32 heavy (non-hydrogen) atoms. The fourth-order valence-electron chi connectivity index (χ4n) is 3.19. The van der Waals surface area contributed by atoms with Crippen LogP contribution in [0.25, 0.3) is 0 Å². The van der Waals surface area contributed by atoms with Gasteiger partial charge in [0, 0.05) is 31.0 Å². The zero-order valence-corrected chi connectivity index (χ0v) is 18.0. The van der Waals surface area contributed by atoms with Crippen molar-refractivity contribution in [3.8, 4) is 0 Å². The van der Waals surface area contributed by atoms with Crippen LogP contribution in [0.15, 0.2) is 95.0 Å². The molecular formula is C23H22N4O4S. The number of aromatic nitrogens is 2. The third-order valence-electron chi connectivity index (χ3n) is 4.91. The minimum atomic E-state index is -3.71. The molecule has 164 valence electrons. The van der Waals surface area contributed by atoms with E-state index in [2.05, 4.69) is 15.0 Å². The van der Waals surface area contributed by atoms with Crippen molar-refractivity contribution in [1.82, 2.24) is 19.6 Å². The summed E-state index contributed by atoms with van der Waals surface area (Å²) in [5, 5.41) is 2.90. The maximum atomic E-state index is 12.6. The van der Waals surface area contributed by atoms with Crippen molar-refractivity contribution in [3.63, 3.8) is 0 Å². The van der Waals surface area contributed by atoms with Gasteiger partial charge in [-0.2, -0.15) is 0 Å². The Balaban J connectivity index is 1.37. The SMILES string of the molecule is O=C(NCc1ccccc1Cn1ccnc1)c1ccc(S(=O)(=O)NCc2ccco2)cc1. The Hall–Kier alpha value is -3.69. The Morgan fingerprint density at radius 2 is 1.75 bits per heavy atom. The third-order valence-corrected chi connectivity index (χ3v) is 6.33. The molecule has 0 unspecified atom stereocenters. The van der Waals surface area contributed by atoms with Crippen molar-refractivity contribution >= 4 is 15.9 Å². The molecule has 0 fully saturated rings. The van der Waals surface area contributed by atoms with Gasteiger partial charge in [-0.1, -0.05) is 24.3 Å². The van der Waals surface area contributed by atoms with Crippen molar-refractivity contribution in [2.45, 2.75) is 24.5 Å². The van der Waals surface area contributed by atoms with Gasteiger partial charge in [0.25, 0.3) is 5.91 Å². The lowest BCUT2D eigenvalue weighted by atomic mass is 10.1. The zero-order valence-electron chi connectivity index (χ0n) is 17.1. The van der Waals surface area contributed by atoms with Gasteiger partial charge in [0.15, 0.2) is 0 Å². The summed E-state index contributed by atoms with van der Waals surface area (Å²) in [7, 11) is -3.71. The molecule has 0 radical (unpaired) electrons. The minimum absolute atomic E-state index is 0.0516. The van der Waals surface area contributed by atoms with Crippen LogP contribution in [-0.4, -0.2) is 23.9 Å². The van der Waals surface area contributed by atoms with Crippen LogP contribution < -0.4 is 10.0 Å². The first-order valence-corrected chi connectivity index (χ1v) is 11.4. The Kier molecular flexibility index (Phi) is 6.48. The van der Waals surface area contributed by atoms with Gasteiger partial charge in [0.05, 0.1) is 24.0 Å². The summed E-state index contributed by atoms with van der Waals surface area (Å²) in [4.78, 5) is 16.7. The molecule has 1 amide bonds. The fourth-order valence-corrected chi connectivity index (χ4v) is 4.18. The molecule has 4 rings (SSSR count). The monoisotopic (exact) mass is 450 g/mol. The second-order valence-electron chi connectivity index (χ2n) is 7.11. The molecule has 0 aliphatic carbocycles. The second-order valence-corrected chi connectivity index (χ2v) is 8.88. The number of furan rings is 1. The van der Waals surface area contributed by atoms with E-state index < -0.39 is 10.0 Å². The van der Waals surface area contributed by atoms with E-state index in [4.69, 9.17) is 4.42 Å². The lowest BCUT2D eigenvalue weighted by Gasteiger charge is -2.12. The van der Waals surface area contributed by atoms with Crippen LogP contribution in [0.1, 0.15) is 27.2 Å². The van der Waals surface area contributed by atoms with E-state index in [-0.39, 0.29) is 17.3 Å². The molecule has 0 aliphatic rings. The van der Waals surface area contributed by atoms with Crippen LogP contribution >= 0.6 is 0 Å². The van der Waals surface area contributed by atoms with Gasteiger partial charge in [0.2, 0.25) is 10.0 Å². The smallest absolute Gasteiger partial charge is 0.251 e. The minimum Gasteiger partial charge on any atom is -0.468 e. The normalized spacial score (nSPS) is 11.4. The maximum absolute atomic E-state index is 12.6. The summed E-state index contributed by atoms with van der Waals surface area (Å²) < 4.78 is 34.4. The van der Waals surface area contributed by atoms with Crippen molar-refractivity contribution in [2.24, 2.45) is 0 Å². The number of carbonyl (C=O) groups excluding carboxylic acids is 1. The molecule has 2 aromatic heterocycles. The topological polar surface area (TPSA) is 106 Å². The summed E-state index contributed by atoms with van der Waals surface area (Å²) in [6.45, 7) is 1.06. The van der Waals surface area contributed by atoms with E-state index in [0.717, 1.165) is 11.1 Å². The highest BCUT2D eigenvalue weighted by atomic mass is 32.2. The highest BCUT2D eigenvalue weighted by molar-refractivity contribution is 7.89. The predicted octanol–water partition coefficient (Wildman–Crippen LogP) is 2.93. The number of sulfonamides is 1. The summed E-state index contributed by atoms with van der Waals surface area (Å²) >= 11 is 0. The molecule has 8 nitrogen and oxygen atoms in total. The number of nitrogens with zero attached hydrogens (tertiary/aromatic N) is 2. The van der Waals surface area contributed by atoms with E-state index in [0.29, 0.717) is 24.4 Å². The van der Waals surface area contributed by atoms with E-state index in [1.165, 1.54) is 30.5 Å². The molecule has 2 aromatic carbocycles. The van der Waals surface area contributed by atoms with Crippen molar-refractivity contribution in [3.05, 3.63) is 108 Å². The van der Waals surface area contributed by atoms with E-state index in [1.54, 1.807) is 24.7 Å². The summed E-state index contributed by atoms with van der Waals surface area (Å²) in [5.74, 6) is 0.229. The molecule has 0 saturated carbocycles. The molecule has 0 atom stereocenters. The fraction of sp³-hybridized carbons (Fsp3) is 0.130. The lowest BCUT2D eigenvalue weighted by Crippen LogP contribution is -2.25. The number of rotatable bonds is 9. The van der Waals surface area contributed by atoms with Crippen molar-refractivity contribution in [1.29, 1.82) is 0 Å². The Labute approximate surface area is 186 Å². The Bertz CT molecular complexity index is 1270. The number of carbonyl (C=O) groups is 1. The van der Waals surface area contributed by atoms with Gasteiger partial charge in [0.1, 0.15) is 5.76 Å². The molecule has 2 N–H and O–H groups in total. The van der Waals surface area contributed by atoms with Crippen molar-refractivity contribution in [2.75, 3.05) is 0 Å². The lowest BCUT2D eigenvalue weighted by molar-refractivity contribution is 0.0950. The van der Waals surface area contributed by atoms with E-state index >= 15 is 0 Å². The average Bonchev–Trinajstić information content (AvgIpc) is 3.51. The summed E-state index contributed by atoms with van der Waals surface area (Å²) in [6, 6.07) is 17.0. The largest absolute Gasteiger partial charge is 0.468 e. The molecule has 9 heteroatoms. The third kappa shape index (κ3) is 5.32. The molecule has 2 heterocycles. The molecule has 0 spiro atoms. The van der Waals surface area contributed by atoms with Crippen LogP contribution in [0.3, 0.4) is 0 Å². The molecule has 0 saturated heterocycles. The number of imidazole rings is 1. The molecule has 0 bridgehead atoms. The average molecular weight is 451 g/mol. The number of hydrogen-bond acceptors (Lipinski definition) is 5. The van der Waals surface area contributed by atoms with Gasteiger partial charge in [-0.3, -0.25) is 4.79 Å². The Morgan fingerprint density at radius 1 is 0.969 bits per heavy atom. The second kappa shape index (κ2) is 9.63. The van der Waals surface area contributed by atoms with Gasteiger partial charge in [-0.15, -0.1) is 0 Å². The molecular weight excluding hydrogens is 428 g/mol. The maximum Gasteiger partial charge on any atom is 0.251 e. The number of hydrogen-bond donors (Lipinski definition) is 2. The number of amides is 1. The molecule has 4 aromatic rings. The van der Waals surface area contributed by atoms with Crippen LogP contribution in [0.5, 0.6) is 0 Å². The van der Waals surface area contributed by atoms with Crippen LogP contribution in [-0.2, 0) is 29.7 Å². The van der Waals surface area contributed by atoms with E-state index in [9.17, 15) is 13.2 Å². The predicted molar refractivity (Wildman–Crippen MR) is 118 cm³/mol. The first-order chi connectivity index (χ1) is 15.5. The van der Waals surface area contributed by atoms with Crippen LogP contribution in [0, 0.1) is 0 Å². The van der Waals surface area contributed by atoms with E-state index in [1.807, 2.05) is 35.0 Å². The number of nitrogens with one attached hydrogen (secondary N) is 2. The summed E-state index contributed by atoms with van der Waals surface area (Å²) in [6.07, 6.45) is 6.83.